The second kappa shape index (κ2) is 7.75. The van der Waals surface area contributed by atoms with Crippen LogP contribution in [-0.4, -0.2) is 19.7 Å². The molecule has 4 N–H and O–H groups in total. The van der Waals surface area contributed by atoms with Crippen LogP contribution in [0.2, 0.25) is 0 Å². The van der Waals surface area contributed by atoms with Crippen molar-refractivity contribution in [3.05, 3.63) is 35.6 Å². The van der Waals surface area contributed by atoms with E-state index < -0.39 is 6.03 Å². The van der Waals surface area contributed by atoms with Gasteiger partial charge in [0.2, 0.25) is 0 Å². The van der Waals surface area contributed by atoms with Crippen molar-refractivity contribution in [2.45, 2.75) is 6.42 Å². The molecule has 4 nitrogen and oxygen atoms in total. The molecule has 0 atom stereocenters. The maximum Gasteiger partial charge on any atom is 0.309 e. The van der Waals surface area contributed by atoms with E-state index in [2.05, 4.69) is 11.5 Å². The summed E-state index contributed by atoms with van der Waals surface area (Å²) < 4.78 is 17.3. The number of halogens is 1. The number of hydrogen-bond donors (Lipinski definition) is 2. The Kier molecular flexibility index (Phi) is 6.92. The smallest absolute Gasteiger partial charge is 0.309 e. The number of urea groups is 1. The van der Waals surface area contributed by atoms with E-state index >= 15 is 0 Å². The van der Waals surface area contributed by atoms with Crippen molar-refractivity contribution in [1.29, 1.82) is 0 Å². The van der Waals surface area contributed by atoms with E-state index in [4.69, 9.17) is 9.53 Å². The molecule has 0 unspecified atom stereocenters. The first kappa shape index (κ1) is 13.4. The molecule has 2 amide bonds. The second-order valence-corrected chi connectivity index (χ2v) is 2.77. The summed E-state index contributed by atoms with van der Waals surface area (Å²) in [5.74, 6) is -0.189. The molecule has 1 rings (SSSR count). The minimum atomic E-state index is -0.833. The van der Waals surface area contributed by atoms with Crippen LogP contribution in [0.1, 0.15) is 5.56 Å². The lowest BCUT2D eigenvalue weighted by Gasteiger charge is -1.98. The molecule has 0 aromatic heterocycles. The quantitative estimate of drug-likeness (QED) is 0.788. The molecule has 0 saturated carbocycles. The van der Waals surface area contributed by atoms with Crippen LogP contribution in [-0.2, 0) is 11.2 Å². The van der Waals surface area contributed by atoms with Gasteiger partial charge in [0.1, 0.15) is 5.82 Å². The van der Waals surface area contributed by atoms with Crippen molar-refractivity contribution in [1.82, 2.24) is 0 Å². The SMILES string of the molecule is COCCc1ccc(F)cc1.NC(N)=O. The number of ether oxygens (including phenoxy) is 1. The maximum atomic E-state index is 12.4. The molecule has 0 fully saturated rings. The highest BCUT2D eigenvalue weighted by Crippen LogP contribution is 2.02. The normalized spacial score (nSPS) is 8.93. The molecule has 0 aliphatic heterocycles. The van der Waals surface area contributed by atoms with Gasteiger partial charge < -0.3 is 16.2 Å². The van der Waals surface area contributed by atoms with Crippen LogP contribution in [0, 0.1) is 5.82 Å². The van der Waals surface area contributed by atoms with Crippen molar-refractivity contribution >= 4 is 6.03 Å². The lowest BCUT2D eigenvalue weighted by atomic mass is 10.2. The number of amides is 2. The van der Waals surface area contributed by atoms with Gasteiger partial charge >= 0.3 is 6.03 Å². The summed E-state index contributed by atoms with van der Waals surface area (Å²) in [5, 5.41) is 0. The Morgan fingerprint density at radius 2 is 1.80 bits per heavy atom. The van der Waals surface area contributed by atoms with Gasteiger partial charge in [0.05, 0.1) is 6.61 Å². The first-order valence-corrected chi connectivity index (χ1v) is 4.34. The number of primary amides is 2. The molecule has 0 saturated heterocycles. The third-order valence-electron chi connectivity index (χ3n) is 1.51. The highest BCUT2D eigenvalue weighted by molar-refractivity contribution is 5.69. The monoisotopic (exact) mass is 214 g/mol. The topological polar surface area (TPSA) is 78.3 Å². The van der Waals surface area contributed by atoms with E-state index in [1.165, 1.54) is 12.1 Å². The summed E-state index contributed by atoms with van der Waals surface area (Å²) in [6.07, 6.45) is 0.844. The first-order valence-electron chi connectivity index (χ1n) is 4.34. The summed E-state index contributed by atoms with van der Waals surface area (Å²) in [7, 11) is 1.66. The minimum Gasteiger partial charge on any atom is -0.384 e. The summed E-state index contributed by atoms with van der Waals surface area (Å²) >= 11 is 0. The van der Waals surface area contributed by atoms with Crippen LogP contribution in [0.15, 0.2) is 24.3 Å². The molecule has 0 spiro atoms. The number of rotatable bonds is 3. The van der Waals surface area contributed by atoms with Crippen LogP contribution in [0.3, 0.4) is 0 Å². The van der Waals surface area contributed by atoms with Gasteiger partial charge in [-0.25, -0.2) is 9.18 Å². The van der Waals surface area contributed by atoms with Crippen molar-refractivity contribution in [3.63, 3.8) is 0 Å². The number of hydrogen-bond acceptors (Lipinski definition) is 2. The van der Waals surface area contributed by atoms with Gasteiger partial charge in [-0.3, -0.25) is 0 Å². The molecule has 5 heteroatoms. The van der Waals surface area contributed by atoms with Crippen LogP contribution in [0.25, 0.3) is 0 Å². The third kappa shape index (κ3) is 8.70. The predicted octanol–water partition coefficient (Wildman–Crippen LogP) is 1.04. The largest absolute Gasteiger partial charge is 0.384 e. The molecular weight excluding hydrogens is 199 g/mol. The summed E-state index contributed by atoms with van der Waals surface area (Å²) in [6, 6.07) is 5.64. The number of benzene rings is 1. The number of methoxy groups -OCH3 is 1. The van der Waals surface area contributed by atoms with Crippen molar-refractivity contribution in [3.8, 4) is 0 Å². The van der Waals surface area contributed by atoms with Crippen LogP contribution < -0.4 is 11.5 Å². The summed E-state index contributed by atoms with van der Waals surface area (Å²) in [4.78, 5) is 9.00. The zero-order valence-electron chi connectivity index (χ0n) is 8.57. The Bertz CT molecular complexity index is 284. The van der Waals surface area contributed by atoms with E-state index in [1.807, 2.05) is 0 Å². The van der Waals surface area contributed by atoms with Gasteiger partial charge in [-0.1, -0.05) is 12.1 Å². The Morgan fingerprint density at radius 1 is 1.33 bits per heavy atom. The molecule has 0 aliphatic rings. The maximum absolute atomic E-state index is 12.4. The number of carbonyl (C=O) groups excluding carboxylic acids is 1. The minimum absolute atomic E-state index is 0.189. The fourth-order valence-corrected chi connectivity index (χ4v) is 0.871. The van der Waals surface area contributed by atoms with Gasteiger partial charge in [-0.05, 0) is 24.1 Å². The van der Waals surface area contributed by atoms with Crippen LogP contribution in [0.4, 0.5) is 9.18 Å². The van der Waals surface area contributed by atoms with Gasteiger partial charge in [0, 0.05) is 7.11 Å². The molecule has 0 aliphatic carbocycles. The highest BCUT2D eigenvalue weighted by atomic mass is 19.1. The predicted molar refractivity (Wildman–Crippen MR) is 55.8 cm³/mol. The Labute approximate surface area is 88.0 Å². The molecule has 0 radical (unpaired) electrons. The standard InChI is InChI=1S/C9H11FO.CH4N2O/c1-11-7-6-8-2-4-9(10)5-3-8;2-1(3)4/h2-5H,6-7H2,1H3;(H4,2,3,4). The van der Waals surface area contributed by atoms with E-state index in [0.717, 1.165) is 12.0 Å². The first-order chi connectivity index (χ1) is 7.06. The zero-order valence-corrected chi connectivity index (χ0v) is 8.57. The number of nitrogens with two attached hydrogens (primary N) is 2. The molecule has 15 heavy (non-hydrogen) atoms. The van der Waals surface area contributed by atoms with Crippen molar-refractivity contribution in [2.24, 2.45) is 11.5 Å². The molecule has 84 valence electrons. The van der Waals surface area contributed by atoms with Gasteiger partial charge in [-0.2, -0.15) is 0 Å². The third-order valence-corrected chi connectivity index (χ3v) is 1.51. The second-order valence-electron chi connectivity index (χ2n) is 2.77. The average Bonchev–Trinajstić information content (AvgIpc) is 2.16. The molecule has 0 bridgehead atoms. The fourth-order valence-electron chi connectivity index (χ4n) is 0.871. The van der Waals surface area contributed by atoms with Crippen LogP contribution >= 0.6 is 0 Å². The highest BCUT2D eigenvalue weighted by Gasteiger charge is 1.92. The van der Waals surface area contributed by atoms with E-state index in [9.17, 15) is 4.39 Å². The Hall–Kier alpha value is -1.62. The Balaban J connectivity index is 0.000000423. The van der Waals surface area contributed by atoms with Crippen molar-refractivity contribution in [2.75, 3.05) is 13.7 Å². The average molecular weight is 214 g/mol. The molecule has 0 heterocycles. The van der Waals surface area contributed by atoms with E-state index in [-0.39, 0.29) is 5.82 Å². The van der Waals surface area contributed by atoms with Gasteiger partial charge in [0.15, 0.2) is 0 Å². The van der Waals surface area contributed by atoms with E-state index in [0.29, 0.717) is 6.61 Å². The molecular formula is C10H15FN2O2. The lowest BCUT2D eigenvalue weighted by Crippen LogP contribution is -2.18. The summed E-state index contributed by atoms with van der Waals surface area (Å²) in [6.45, 7) is 0.686. The van der Waals surface area contributed by atoms with Gasteiger partial charge in [-0.15, -0.1) is 0 Å². The molecule has 1 aromatic rings. The zero-order chi connectivity index (χ0) is 11.7. The van der Waals surface area contributed by atoms with Crippen LogP contribution in [0.5, 0.6) is 0 Å². The summed E-state index contributed by atoms with van der Waals surface area (Å²) in [5.41, 5.74) is 9.60. The lowest BCUT2D eigenvalue weighted by molar-refractivity contribution is 0.202. The van der Waals surface area contributed by atoms with Gasteiger partial charge in [0.25, 0.3) is 0 Å². The van der Waals surface area contributed by atoms with Crippen molar-refractivity contribution < 1.29 is 13.9 Å². The fraction of sp³-hybridized carbons (Fsp3) is 0.300. The molecule has 1 aromatic carbocycles. The Morgan fingerprint density at radius 3 is 2.20 bits per heavy atom. The number of carbonyl (C=O) groups is 1. The van der Waals surface area contributed by atoms with E-state index in [1.54, 1.807) is 19.2 Å².